The number of rotatable bonds is 6. The van der Waals surface area contributed by atoms with Crippen LogP contribution in [0, 0.1) is 0 Å². The molecule has 5 heteroatoms. The summed E-state index contributed by atoms with van der Waals surface area (Å²) in [7, 11) is 0. The Kier molecular flexibility index (Phi) is 5.69. The molecule has 1 aromatic rings. The van der Waals surface area contributed by atoms with Gasteiger partial charge in [-0.05, 0) is 19.4 Å². The Morgan fingerprint density at radius 1 is 1.30 bits per heavy atom. The number of amides is 2. The van der Waals surface area contributed by atoms with Gasteiger partial charge in [-0.1, -0.05) is 43.3 Å². The Balaban J connectivity index is 1.85. The molecule has 23 heavy (non-hydrogen) atoms. The van der Waals surface area contributed by atoms with Gasteiger partial charge in [-0.15, -0.1) is 0 Å². The number of carbonyl (C=O) groups is 2. The predicted octanol–water partition coefficient (Wildman–Crippen LogP) is 2.53. The highest BCUT2D eigenvalue weighted by molar-refractivity contribution is 6.01. The number of ether oxygens (including phenoxy) is 1. The van der Waals surface area contributed by atoms with Crippen LogP contribution >= 0.6 is 0 Å². The lowest BCUT2D eigenvalue weighted by Crippen LogP contribution is -2.49. The highest BCUT2D eigenvalue weighted by Crippen LogP contribution is 2.29. The molecule has 0 aliphatic carbocycles. The van der Waals surface area contributed by atoms with Crippen LogP contribution in [-0.2, 0) is 20.9 Å². The summed E-state index contributed by atoms with van der Waals surface area (Å²) in [6.45, 7) is 7.31. The first-order valence-corrected chi connectivity index (χ1v) is 7.88. The number of benzene rings is 1. The summed E-state index contributed by atoms with van der Waals surface area (Å²) in [5.41, 5.74) is 0.764. The van der Waals surface area contributed by atoms with Crippen LogP contribution in [0.1, 0.15) is 32.8 Å². The average molecular weight is 316 g/mol. The molecule has 0 aromatic heterocycles. The van der Waals surface area contributed by atoms with E-state index in [9.17, 15) is 9.59 Å². The summed E-state index contributed by atoms with van der Waals surface area (Å²) in [5, 5.41) is 3.06. The highest BCUT2D eigenvalue weighted by atomic mass is 16.5. The molecule has 1 fully saturated rings. The van der Waals surface area contributed by atoms with Gasteiger partial charge in [0.1, 0.15) is 0 Å². The van der Waals surface area contributed by atoms with Gasteiger partial charge >= 0.3 is 0 Å². The largest absolute Gasteiger partial charge is 0.373 e. The molecule has 2 amide bonds. The first-order chi connectivity index (χ1) is 11.0. The van der Waals surface area contributed by atoms with Gasteiger partial charge in [0.2, 0.25) is 5.91 Å². The summed E-state index contributed by atoms with van der Waals surface area (Å²) in [5.74, 6) is -0.470. The molecule has 1 heterocycles. The quantitative estimate of drug-likeness (QED) is 0.598. The number of nitrogens with zero attached hydrogens (tertiary/aromatic N) is 2. The number of carbonyl (C=O) groups excluding carboxylic acids is 2. The summed E-state index contributed by atoms with van der Waals surface area (Å²) in [6, 6.07) is 9.84. The smallest absolute Gasteiger partial charge is 0.267 e. The molecule has 0 N–H and O–H groups in total. The third-order valence-electron chi connectivity index (χ3n) is 3.85. The van der Waals surface area contributed by atoms with Crippen molar-refractivity contribution >= 4 is 11.8 Å². The average Bonchev–Trinajstić information content (AvgIpc) is 2.75. The fourth-order valence-corrected chi connectivity index (χ4v) is 2.79. The monoisotopic (exact) mass is 316 g/mol. The fourth-order valence-electron chi connectivity index (χ4n) is 2.79. The van der Waals surface area contributed by atoms with E-state index in [2.05, 4.69) is 0 Å². The first-order valence-electron chi connectivity index (χ1n) is 7.88. The third-order valence-corrected chi connectivity index (χ3v) is 3.85. The van der Waals surface area contributed by atoms with Gasteiger partial charge < -0.3 is 4.74 Å². The van der Waals surface area contributed by atoms with Crippen molar-refractivity contribution in [2.24, 2.45) is 0 Å². The van der Waals surface area contributed by atoms with Crippen LogP contribution in [0.4, 0.5) is 0 Å². The van der Waals surface area contributed by atoms with Crippen LogP contribution in [0.3, 0.4) is 0 Å². The first kappa shape index (κ1) is 17.4. The molecule has 0 saturated carbocycles. The van der Waals surface area contributed by atoms with Crippen LogP contribution in [-0.4, -0.2) is 40.5 Å². The van der Waals surface area contributed by atoms with E-state index >= 15 is 0 Å². The number of hydrogen-bond acceptors (Lipinski definition) is 4. The number of hydrazine groups is 1. The van der Waals surface area contributed by atoms with Gasteiger partial charge in [0.05, 0.1) is 13.2 Å². The molecule has 2 rings (SSSR count). The zero-order valence-corrected chi connectivity index (χ0v) is 14.0. The van der Waals surface area contributed by atoms with E-state index in [1.54, 1.807) is 6.08 Å². The Morgan fingerprint density at radius 2 is 2.00 bits per heavy atom. The molecule has 5 nitrogen and oxygen atoms in total. The molecule has 0 spiro atoms. The molecular formula is C18H24N2O3. The summed E-state index contributed by atoms with van der Waals surface area (Å²) in [6.07, 6.45) is 3.41. The minimum atomic E-state index is -0.320. The van der Waals surface area contributed by atoms with Gasteiger partial charge in [-0.3, -0.25) is 9.59 Å². The van der Waals surface area contributed by atoms with E-state index in [1.165, 1.54) is 11.1 Å². The van der Waals surface area contributed by atoms with E-state index in [4.69, 9.17) is 4.74 Å². The van der Waals surface area contributed by atoms with Crippen molar-refractivity contribution < 1.29 is 14.3 Å². The number of hydrogen-bond donors (Lipinski definition) is 0. The van der Waals surface area contributed by atoms with Gasteiger partial charge in [0, 0.05) is 24.6 Å². The van der Waals surface area contributed by atoms with Crippen molar-refractivity contribution in [1.29, 1.82) is 0 Å². The lowest BCUT2D eigenvalue weighted by molar-refractivity contribution is -0.155. The fraction of sp³-hybridized carbons (Fsp3) is 0.444. The molecule has 1 aliphatic rings. The van der Waals surface area contributed by atoms with Crippen LogP contribution in [0.15, 0.2) is 42.5 Å². The van der Waals surface area contributed by atoms with Crippen LogP contribution in [0.2, 0.25) is 0 Å². The zero-order chi connectivity index (χ0) is 16.9. The van der Waals surface area contributed by atoms with E-state index in [1.807, 2.05) is 56.1 Å². The van der Waals surface area contributed by atoms with Crippen molar-refractivity contribution in [3.05, 3.63) is 48.0 Å². The van der Waals surface area contributed by atoms with Crippen molar-refractivity contribution in [1.82, 2.24) is 10.0 Å². The molecule has 1 aliphatic heterocycles. The molecule has 124 valence electrons. The second kappa shape index (κ2) is 7.53. The van der Waals surface area contributed by atoms with Crippen molar-refractivity contribution in [2.75, 3.05) is 13.2 Å². The predicted molar refractivity (Wildman–Crippen MR) is 88.2 cm³/mol. The molecule has 0 radical (unpaired) electrons. The number of imide groups is 1. The topological polar surface area (TPSA) is 49.9 Å². The summed E-state index contributed by atoms with van der Waals surface area (Å²) in [4.78, 5) is 24.3. The lowest BCUT2D eigenvalue weighted by Gasteiger charge is -2.33. The minimum Gasteiger partial charge on any atom is -0.373 e. The second-order valence-electron chi connectivity index (χ2n) is 6.15. The van der Waals surface area contributed by atoms with Crippen LogP contribution in [0.25, 0.3) is 0 Å². The normalized spacial score (nSPS) is 18.0. The van der Waals surface area contributed by atoms with Gasteiger partial charge in [-0.25, -0.2) is 10.0 Å². The molecule has 0 bridgehead atoms. The third kappa shape index (κ3) is 4.27. The summed E-state index contributed by atoms with van der Waals surface area (Å²) < 4.78 is 5.50. The van der Waals surface area contributed by atoms with Crippen molar-refractivity contribution in [3.8, 4) is 0 Å². The molecule has 1 saturated heterocycles. The van der Waals surface area contributed by atoms with Crippen LogP contribution in [0.5, 0.6) is 0 Å². The lowest BCUT2D eigenvalue weighted by atomic mass is 10.0. The zero-order valence-electron chi connectivity index (χ0n) is 14.0. The maximum absolute atomic E-state index is 12.3. The van der Waals surface area contributed by atoms with Gasteiger partial charge in [0.15, 0.2) is 0 Å². The Morgan fingerprint density at radius 3 is 2.65 bits per heavy atom. The second-order valence-corrected chi connectivity index (χ2v) is 6.15. The van der Waals surface area contributed by atoms with Crippen molar-refractivity contribution in [3.63, 3.8) is 0 Å². The van der Waals surface area contributed by atoms with Crippen LogP contribution < -0.4 is 0 Å². The minimum absolute atomic E-state index is 0.156. The summed E-state index contributed by atoms with van der Waals surface area (Å²) >= 11 is 0. The Labute approximate surface area is 137 Å². The molecule has 0 atom stereocenters. The maximum Gasteiger partial charge on any atom is 0.267 e. The Bertz CT molecular complexity index is 581. The van der Waals surface area contributed by atoms with Gasteiger partial charge in [-0.2, -0.15) is 0 Å². The maximum atomic E-state index is 12.3. The van der Waals surface area contributed by atoms with Gasteiger partial charge in [0.25, 0.3) is 5.91 Å². The SMILES string of the molecule is CCN1N(C(=O)/C=C/COCc2ccccc2)C(=O)CC1(C)C. The molecular weight excluding hydrogens is 292 g/mol. The Hall–Kier alpha value is -1.98. The van der Waals surface area contributed by atoms with E-state index in [0.717, 1.165) is 5.56 Å². The molecule has 0 unspecified atom stereocenters. The van der Waals surface area contributed by atoms with E-state index in [0.29, 0.717) is 26.2 Å². The van der Waals surface area contributed by atoms with E-state index < -0.39 is 0 Å². The molecule has 1 aromatic carbocycles. The van der Waals surface area contributed by atoms with E-state index in [-0.39, 0.29) is 17.4 Å². The highest BCUT2D eigenvalue weighted by Gasteiger charge is 2.45. The standard InChI is InChI=1S/C18H24N2O3/c1-4-19-18(2,3)13-17(22)20(19)16(21)11-8-12-23-14-15-9-6-5-7-10-15/h5-11H,4,12-14H2,1-3H3/b11-8+. The van der Waals surface area contributed by atoms with Crippen molar-refractivity contribution in [2.45, 2.75) is 39.3 Å².